The monoisotopic (exact) mass is 526 g/mol. The number of rotatable bonds is 5. The normalized spacial score (nSPS) is 11.2. The molecule has 5 aromatic heterocycles. The van der Waals surface area contributed by atoms with Crippen LogP contribution in [0.1, 0.15) is 10.4 Å². The number of nitrogens with zero attached hydrogens (tertiary/aromatic N) is 5. The number of benzene rings is 2. The average molecular weight is 527 g/mol. The van der Waals surface area contributed by atoms with Crippen LogP contribution in [0, 0.1) is 5.82 Å². The van der Waals surface area contributed by atoms with Gasteiger partial charge in [0.05, 0.1) is 40.5 Å². The number of H-pyrrole nitrogens is 2. The van der Waals surface area contributed by atoms with Gasteiger partial charge in [0.15, 0.2) is 5.82 Å². The molecule has 0 aliphatic rings. The first-order valence-electron chi connectivity index (χ1n) is 12.4. The minimum atomic E-state index is -0.344. The quantitative estimate of drug-likeness (QED) is 0.252. The number of anilines is 1. The molecule has 10 heteroatoms. The first kappa shape index (κ1) is 23.4. The van der Waals surface area contributed by atoms with E-state index in [1.165, 1.54) is 12.1 Å². The van der Waals surface area contributed by atoms with Crippen LogP contribution >= 0.6 is 0 Å². The minimum Gasteiger partial charge on any atom is -0.336 e. The molecular formula is C30H19FN8O. The van der Waals surface area contributed by atoms with Gasteiger partial charge < -0.3 is 10.3 Å². The van der Waals surface area contributed by atoms with Crippen molar-refractivity contribution in [2.45, 2.75) is 0 Å². The van der Waals surface area contributed by atoms with E-state index < -0.39 is 0 Å². The third-order valence-electron chi connectivity index (χ3n) is 6.50. The number of hydrogen-bond acceptors (Lipinski definition) is 6. The van der Waals surface area contributed by atoms with E-state index in [-0.39, 0.29) is 11.7 Å². The van der Waals surface area contributed by atoms with Gasteiger partial charge in [0.25, 0.3) is 5.91 Å². The second-order valence-electron chi connectivity index (χ2n) is 9.12. The standard InChI is InChI=1S/C30H19FN8O/c31-20-8-4-7-18(11-20)26-28-23(9-10-33-26)36-29(37-28)27-22-13-24(34-16-25(22)38-39-27)19-12-21(15-32-14-19)35-30(40)17-5-2-1-3-6-17/h1-16H,(H,35,40)(H,36,37)(H,38,39). The molecule has 5 heterocycles. The molecule has 1 amide bonds. The van der Waals surface area contributed by atoms with Crippen molar-refractivity contribution in [2.75, 3.05) is 5.32 Å². The third kappa shape index (κ3) is 4.23. The predicted molar refractivity (Wildman–Crippen MR) is 150 cm³/mol. The van der Waals surface area contributed by atoms with Crippen LogP contribution in [0.15, 0.2) is 97.6 Å². The van der Waals surface area contributed by atoms with Crippen LogP contribution in [0.3, 0.4) is 0 Å². The molecule has 0 saturated carbocycles. The molecule has 7 aromatic rings. The number of carbonyl (C=O) groups is 1. The number of hydrogen-bond donors (Lipinski definition) is 3. The van der Waals surface area contributed by atoms with Crippen LogP contribution in [-0.2, 0) is 0 Å². The molecule has 2 aromatic carbocycles. The van der Waals surface area contributed by atoms with Crippen LogP contribution in [-0.4, -0.2) is 41.0 Å². The zero-order chi connectivity index (χ0) is 27.1. The van der Waals surface area contributed by atoms with Crippen LogP contribution in [0.4, 0.5) is 10.1 Å². The predicted octanol–water partition coefficient (Wildman–Crippen LogP) is 6.02. The Kier molecular flexibility index (Phi) is 5.56. The number of aromatic amines is 2. The summed E-state index contributed by atoms with van der Waals surface area (Å²) in [5.74, 6) is -0.0355. The van der Waals surface area contributed by atoms with Gasteiger partial charge in [-0.2, -0.15) is 5.10 Å². The summed E-state index contributed by atoms with van der Waals surface area (Å²) in [4.78, 5) is 34.0. The number of aromatic nitrogens is 7. The fourth-order valence-electron chi connectivity index (χ4n) is 4.59. The van der Waals surface area contributed by atoms with Crippen LogP contribution in [0.2, 0.25) is 0 Å². The highest BCUT2D eigenvalue weighted by Gasteiger charge is 2.17. The van der Waals surface area contributed by atoms with E-state index in [2.05, 4.69) is 35.5 Å². The highest BCUT2D eigenvalue weighted by molar-refractivity contribution is 6.04. The van der Waals surface area contributed by atoms with Crippen molar-refractivity contribution in [3.63, 3.8) is 0 Å². The van der Waals surface area contributed by atoms with E-state index in [1.807, 2.05) is 36.4 Å². The van der Waals surface area contributed by atoms with Gasteiger partial charge in [0.1, 0.15) is 17.0 Å². The SMILES string of the molecule is O=C(Nc1cncc(-c2cc3c(-c4nc5c(-c6cccc(F)c6)nccc5[nH]4)n[nH]c3cn2)c1)c1ccccc1. The molecule has 0 radical (unpaired) electrons. The molecule has 7 rings (SSSR count). The maximum atomic E-state index is 13.9. The lowest BCUT2D eigenvalue weighted by Crippen LogP contribution is -2.11. The van der Waals surface area contributed by atoms with E-state index in [9.17, 15) is 9.18 Å². The van der Waals surface area contributed by atoms with Crippen molar-refractivity contribution in [1.82, 2.24) is 35.1 Å². The molecule has 192 valence electrons. The van der Waals surface area contributed by atoms with Crippen LogP contribution < -0.4 is 5.32 Å². The van der Waals surface area contributed by atoms with Gasteiger partial charge in [0.2, 0.25) is 0 Å². The minimum absolute atomic E-state index is 0.225. The van der Waals surface area contributed by atoms with Crippen molar-refractivity contribution in [2.24, 2.45) is 0 Å². The number of fused-ring (bicyclic) bond motifs is 2. The summed E-state index contributed by atoms with van der Waals surface area (Å²) >= 11 is 0. The molecule has 0 aliphatic carbocycles. The highest BCUT2D eigenvalue weighted by Crippen LogP contribution is 2.32. The molecule has 0 spiro atoms. The highest BCUT2D eigenvalue weighted by atomic mass is 19.1. The van der Waals surface area contributed by atoms with Crippen molar-refractivity contribution < 1.29 is 9.18 Å². The second-order valence-corrected chi connectivity index (χ2v) is 9.12. The summed E-state index contributed by atoms with van der Waals surface area (Å²) < 4.78 is 13.9. The Morgan fingerprint density at radius 1 is 0.825 bits per heavy atom. The average Bonchev–Trinajstić information content (AvgIpc) is 3.61. The number of halogens is 1. The number of pyridine rings is 3. The Morgan fingerprint density at radius 2 is 1.73 bits per heavy atom. The first-order chi connectivity index (χ1) is 19.6. The Bertz CT molecular complexity index is 2030. The fourth-order valence-corrected chi connectivity index (χ4v) is 4.59. The van der Waals surface area contributed by atoms with Crippen LogP contribution in [0.5, 0.6) is 0 Å². The molecule has 40 heavy (non-hydrogen) atoms. The number of nitrogens with one attached hydrogen (secondary N) is 3. The van der Waals surface area contributed by atoms with Gasteiger partial charge >= 0.3 is 0 Å². The summed E-state index contributed by atoms with van der Waals surface area (Å²) in [7, 11) is 0. The Labute approximate surface area is 226 Å². The Morgan fingerprint density at radius 3 is 2.60 bits per heavy atom. The van der Waals surface area contributed by atoms with E-state index in [0.29, 0.717) is 45.2 Å². The lowest BCUT2D eigenvalue weighted by Gasteiger charge is -2.07. The smallest absolute Gasteiger partial charge is 0.255 e. The fraction of sp³-hybridized carbons (Fsp3) is 0. The zero-order valence-electron chi connectivity index (χ0n) is 20.8. The number of imidazole rings is 1. The maximum Gasteiger partial charge on any atom is 0.255 e. The van der Waals surface area contributed by atoms with Crippen molar-refractivity contribution in [3.05, 3.63) is 109 Å². The summed E-state index contributed by atoms with van der Waals surface area (Å²) in [6.07, 6.45) is 6.62. The molecule has 0 fully saturated rings. The molecule has 0 saturated heterocycles. The summed E-state index contributed by atoms with van der Waals surface area (Å²) in [5, 5.41) is 11.2. The summed E-state index contributed by atoms with van der Waals surface area (Å²) in [6.45, 7) is 0. The van der Waals surface area contributed by atoms with Crippen molar-refractivity contribution in [1.29, 1.82) is 0 Å². The van der Waals surface area contributed by atoms with E-state index in [0.717, 1.165) is 22.0 Å². The number of amides is 1. The molecule has 0 aliphatic heterocycles. The maximum absolute atomic E-state index is 13.9. The van der Waals surface area contributed by atoms with Gasteiger partial charge in [-0.05, 0) is 42.5 Å². The zero-order valence-corrected chi connectivity index (χ0v) is 20.8. The van der Waals surface area contributed by atoms with Gasteiger partial charge in [-0.25, -0.2) is 9.37 Å². The molecular weight excluding hydrogens is 507 g/mol. The lowest BCUT2D eigenvalue weighted by molar-refractivity contribution is 0.102. The van der Waals surface area contributed by atoms with E-state index >= 15 is 0 Å². The van der Waals surface area contributed by atoms with Crippen molar-refractivity contribution >= 4 is 33.5 Å². The molecule has 0 atom stereocenters. The third-order valence-corrected chi connectivity index (χ3v) is 6.50. The van der Waals surface area contributed by atoms with E-state index in [1.54, 1.807) is 49.1 Å². The first-order valence-corrected chi connectivity index (χ1v) is 12.4. The largest absolute Gasteiger partial charge is 0.336 e. The van der Waals surface area contributed by atoms with Gasteiger partial charge in [-0.1, -0.05) is 30.3 Å². The summed E-state index contributed by atoms with van der Waals surface area (Å²) in [5.41, 5.74) is 6.37. The Balaban J connectivity index is 1.25. The van der Waals surface area contributed by atoms with Gasteiger partial charge in [-0.3, -0.25) is 24.8 Å². The Hall–Kier alpha value is -5.77. The topological polar surface area (TPSA) is 125 Å². The second kappa shape index (κ2) is 9.52. The molecule has 9 nitrogen and oxygen atoms in total. The molecule has 3 N–H and O–H groups in total. The number of carbonyl (C=O) groups excluding carboxylic acids is 1. The van der Waals surface area contributed by atoms with Gasteiger partial charge in [-0.15, -0.1) is 0 Å². The van der Waals surface area contributed by atoms with Gasteiger partial charge in [0, 0.05) is 34.5 Å². The summed E-state index contributed by atoms with van der Waals surface area (Å²) in [6, 6.07) is 20.8. The molecule has 0 bridgehead atoms. The van der Waals surface area contributed by atoms with Crippen LogP contribution in [0.25, 0.3) is 56.0 Å². The van der Waals surface area contributed by atoms with Crippen molar-refractivity contribution in [3.8, 4) is 34.0 Å². The molecule has 0 unspecified atom stereocenters. The lowest BCUT2D eigenvalue weighted by atomic mass is 10.1. The van der Waals surface area contributed by atoms with E-state index in [4.69, 9.17) is 4.98 Å².